The predicted molar refractivity (Wildman–Crippen MR) is 72.0 cm³/mol. The highest BCUT2D eigenvalue weighted by atomic mass is 19.1. The number of nitro benzene ring substituents is 1. The third-order valence-corrected chi connectivity index (χ3v) is 3.60. The van der Waals surface area contributed by atoms with Gasteiger partial charge in [0.1, 0.15) is 0 Å². The smallest absolute Gasteiger partial charge is 0.304 e. The molecule has 6 heteroatoms. The van der Waals surface area contributed by atoms with Gasteiger partial charge in [-0.25, -0.2) is 0 Å². The maximum absolute atomic E-state index is 13.5. The second-order valence-corrected chi connectivity index (χ2v) is 5.09. The molecule has 0 saturated heterocycles. The number of amides is 1. The van der Waals surface area contributed by atoms with Gasteiger partial charge in [0.05, 0.1) is 4.92 Å². The average molecular weight is 280 g/mol. The Morgan fingerprint density at radius 1 is 1.25 bits per heavy atom. The first-order valence-electron chi connectivity index (χ1n) is 6.83. The zero-order valence-corrected chi connectivity index (χ0v) is 11.1. The van der Waals surface area contributed by atoms with E-state index in [9.17, 15) is 19.3 Å². The molecule has 0 atom stereocenters. The monoisotopic (exact) mass is 280 g/mol. The molecule has 1 aromatic carbocycles. The van der Waals surface area contributed by atoms with Gasteiger partial charge in [-0.1, -0.05) is 25.7 Å². The number of nitrogens with one attached hydrogen (secondary N) is 1. The Morgan fingerprint density at radius 3 is 2.45 bits per heavy atom. The van der Waals surface area contributed by atoms with Gasteiger partial charge in [-0.3, -0.25) is 14.9 Å². The third kappa shape index (κ3) is 3.53. The number of nitro groups is 1. The number of carbonyl (C=O) groups excluding carboxylic acids is 1. The number of halogens is 1. The van der Waals surface area contributed by atoms with Crippen molar-refractivity contribution in [3.8, 4) is 0 Å². The SMILES string of the molecule is O=C(NC1CCCCCC1)c1ccc([N+](=O)[O-])c(F)c1. The summed E-state index contributed by atoms with van der Waals surface area (Å²) in [6.45, 7) is 0. The van der Waals surface area contributed by atoms with Crippen molar-refractivity contribution < 1.29 is 14.1 Å². The van der Waals surface area contributed by atoms with Gasteiger partial charge in [0.25, 0.3) is 5.91 Å². The molecule has 1 fully saturated rings. The molecule has 0 spiro atoms. The molecular weight excluding hydrogens is 263 g/mol. The van der Waals surface area contributed by atoms with Crippen LogP contribution >= 0.6 is 0 Å². The van der Waals surface area contributed by atoms with E-state index >= 15 is 0 Å². The van der Waals surface area contributed by atoms with Gasteiger partial charge in [-0.2, -0.15) is 4.39 Å². The van der Waals surface area contributed by atoms with Gasteiger partial charge in [0.2, 0.25) is 5.82 Å². The zero-order chi connectivity index (χ0) is 14.5. The van der Waals surface area contributed by atoms with Gasteiger partial charge in [-0.15, -0.1) is 0 Å². The minimum absolute atomic E-state index is 0.114. The van der Waals surface area contributed by atoms with Crippen molar-refractivity contribution in [1.82, 2.24) is 5.32 Å². The van der Waals surface area contributed by atoms with E-state index in [-0.39, 0.29) is 17.5 Å². The summed E-state index contributed by atoms with van der Waals surface area (Å²) in [6.07, 6.45) is 6.39. The predicted octanol–water partition coefficient (Wildman–Crippen LogP) is 3.19. The van der Waals surface area contributed by atoms with E-state index in [1.807, 2.05) is 0 Å². The topological polar surface area (TPSA) is 72.2 Å². The molecule has 1 saturated carbocycles. The minimum Gasteiger partial charge on any atom is -0.349 e. The van der Waals surface area contributed by atoms with Crippen LogP contribution in [0.1, 0.15) is 48.9 Å². The number of nitrogens with zero attached hydrogens (tertiary/aromatic N) is 1. The van der Waals surface area contributed by atoms with Crippen LogP contribution in [0.2, 0.25) is 0 Å². The Hall–Kier alpha value is -1.98. The molecule has 2 rings (SSSR count). The second kappa shape index (κ2) is 6.45. The Morgan fingerprint density at radius 2 is 1.90 bits per heavy atom. The standard InChI is InChI=1S/C14H17FN2O3/c15-12-9-10(7-8-13(12)17(19)20)14(18)16-11-5-3-1-2-4-6-11/h7-9,11H,1-6H2,(H,16,18). The first kappa shape index (κ1) is 14.4. The van der Waals surface area contributed by atoms with Crippen LogP contribution in [0.15, 0.2) is 18.2 Å². The molecule has 1 aliphatic rings. The average Bonchev–Trinajstić information content (AvgIpc) is 2.66. The summed E-state index contributed by atoms with van der Waals surface area (Å²) in [7, 11) is 0. The van der Waals surface area contributed by atoms with Gasteiger partial charge >= 0.3 is 5.69 Å². The Kier molecular flexibility index (Phi) is 4.65. The highest BCUT2D eigenvalue weighted by Crippen LogP contribution is 2.20. The van der Waals surface area contributed by atoms with Crippen LogP contribution in [0.3, 0.4) is 0 Å². The van der Waals surface area contributed by atoms with E-state index in [4.69, 9.17) is 0 Å². The molecule has 0 heterocycles. The van der Waals surface area contributed by atoms with Crippen molar-refractivity contribution >= 4 is 11.6 Å². The molecular formula is C14H17FN2O3. The highest BCUT2D eigenvalue weighted by molar-refractivity contribution is 5.94. The lowest BCUT2D eigenvalue weighted by Gasteiger charge is -2.16. The molecule has 1 N–H and O–H groups in total. The first-order valence-corrected chi connectivity index (χ1v) is 6.83. The Balaban J connectivity index is 2.05. The number of hydrogen-bond acceptors (Lipinski definition) is 3. The van der Waals surface area contributed by atoms with E-state index in [1.165, 1.54) is 18.9 Å². The minimum atomic E-state index is -0.983. The largest absolute Gasteiger partial charge is 0.349 e. The van der Waals surface area contributed by atoms with Crippen molar-refractivity contribution in [2.24, 2.45) is 0 Å². The van der Waals surface area contributed by atoms with Crippen LogP contribution in [0, 0.1) is 15.9 Å². The van der Waals surface area contributed by atoms with Crippen LogP contribution < -0.4 is 5.32 Å². The van der Waals surface area contributed by atoms with Crippen molar-refractivity contribution in [3.05, 3.63) is 39.7 Å². The number of carbonyl (C=O) groups is 1. The molecule has 5 nitrogen and oxygen atoms in total. The van der Waals surface area contributed by atoms with Crippen LogP contribution in [-0.2, 0) is 0 Å². The number of hydrogen-bond donors (Lipinski definition) is 1. The molecule has 108 valence electrons. The molecule has 0 unspecified atom stereocenters. The number of rotatable bonds is 3. The normalized spacial score (nSPS) is 16.4. The van der Waals surface area contributed by atoms with Gasteiger partial charge in [0, 0.05) is 17.7 Å². The van der Waals surface area contributed by atoms with Crippen molar-refractivity contribution in [2.45, 2.75) is 44.6 Å². The summed E-state index contributed by atoms with van der Waals surface area (Å²) in [4.78, 5) is 21.7. The first-order chi connectivity index (χ1) is 9.58. The lowest BCUT2D eigenvalue weighted by molar-refractivity contribution is -0.387. The van der Waals surface area contributed by atoms with E-state index in [1.54, 1.807) is 0 Å². The molecule has 20 heavy (non-hydrogen) atoms. The van der Waals surface area contributed by atoms with E-state index in [0.717, 1.165) is 37.8 Å². The summed E-state index contributed by atoms with van der Waals surface area (Å²) in [5, 5.41) is 13.4. The van der Waals surface area contributed by atoms with Crippen molar-refractivity contribution in [1.29, 1.82) is 0 Å². The third-order valence-electron chi connectivity index (χ3n) is 3.60. The Bertz CT molecular complexity index is 511. The summed E-state index contributed by atoms with van der Waals surface area (Å²) < 4.78 is 13.5. The fraction of sp³-hybridized carbons (Fsp3) is 0.500. The van der Waals surface area contributed by atoms with Gasteiger partial charge in [0.15, 0.2) is 0 Å². The molecule has 0 bridgehead atoms. The summed E-state index contributed by atoms with van der Waals surface area (Å²) in [6, 6.07) is 3.35. The zero-order valence-electron chi connectivity index (χ0n) is 11.1. The van der Waals surface area contributed by atoms with E-state index in [2.05, 4.69) is 5.32 Å². The van der Waals surface area contributed by atoms with Gasteiger partial charge < -0.3 is 5.32 Å². The number of benzene rings is 1. The quantitative estimate of drug-likeness (QED) is 0.525. The molecule has 0 aromatic heterocycles. The molecule has 1 aliphatic carbocycles. The Labute approximate surface area is 116 Å². The van der Waals surface area contributed by atoms with E-state index in [0.29, 0.717) is 0 Å². The molecule has 0 aliphatic heterocycles. The lowest BCUT2D eigenvalue weighted by atomic mass is 10.1. The van der Waals surface area contributed by atoms with Crippen LogP contribution in [0.4, 0.5) is 10.1 Å². The maximum Gasteiger partial charge on any atom is 0.304 e. The second-order valence-electron chi connectivity index (χ2n) is 5.09. The van der Waals surface area contributed by atoms with Crippen molar-refractivity contribution in [2.75, 3.05) is 0 Å². The van der Waals surface area contributed by atoms with Crippen LogP contribution in [0.25, 0.3) is 0 Å². The molecule has 1 aromatic rings. The molecule has 0 radical (unpaired) electrons. The maximum atomic E-state index is 13.5. The van der Waals surface area contributed by atoms with E-state index < -0.39 is 16.4 Å². The lowest BCUT2D eigenvalue weighted by Crippen LogP contribution is -2.34. The van der Waals surface area contributed by atoms with Gasteiger partial charge in [-0.05, 0) is 25.0 Å². The summed E-state index contributed by atoms with van der Waals surface area (Å²) >= 11 is 0. The summed E-state index contributed by atoms with van der Waals surface area (Å²) in [5.74, 6) is -1.35. The highest BCUT2D eigenvalue weighted by Gasteiger charge is 2.19. The van der Waals surface area contributed by atoms with Crippen molar-refractivity contribution in [3.63, 3.8) is 0 Å². The summed E-state index contributed by atoms with van der Waals surface area (Å²) in [5.41, 5.74) is -0.492. The fourth-order valence-electron chi connectivity index (χ4n) is 2.49. The fourth-order valence-corrected chi connectivity index (χ4v) is 2.49. The molecule has 1 amide bonds. The van der Waals surface area contributed by atoms with Crippen LogP contribution in [-0.4, -0.2) is 16.9 Å². The van der Waals surface area contributed by atoms with Crippen LogP contribution in [0.5, 0.6) is 0 Å².